The number of carbonyl (C=O) groups is 2. The van der Waals surface area contributed by atoms with Crippen molar-refractivity contribution in [1.82, 2.24) is 4.90 Å². The second-order valence-electron chi connectivity index (χ2n) is 3.55. The molecule has 1 aromatic rings. The summed E-state index contributed by atoms with van der Waals surface area (Å²) >= 11 is 11.6. The fourth-order valence-corrected chi connectivity index (χ4v) is 1.68. The van der Waals surface area contributed by atoms with Crippen LogP contribution in [0.4, 0.5) is 0 Å². The Labute approximate surface area is 109 Å². The second kappa shape index (κ2) is 5.38. The van der Waals surface area contributed by atoms with Crippen molar-refractivity contribution >= 4 is 35.1 Å². The van der Waals surface area contributed by atoms with Gasteiger partial charge in [0.2, 0.25) is 0 Å². The maximum absolute atomic E-state index is 12.0. The summed E-state index contributed by atoms with van der Waals surface area (Å²) in [7, 11) is 1.41. The number of carboxylic acids is 1. The monoisotopic (exact) mass is 275 g/mol. The van der Waals surface area contributed by atoms with Crippen molar-refractivity contribution in [3.05, 3.63) is 33.8 Å². The number of hydrogen-bond acceptors (Lipinski definition) is 2. The van der Waals surface area contributed by atoms with Gasteiger partial charge in [0.25, 0.3) is 5.91 Å². The van der Waals surface area contributed by atoms with Gasteiger partial charge in [-0.25, -0.2) is 4.79 Å². The molecule has 0 aliphatic rings. The standard InChI is InChI=1S/C11H11Cl2NO3/c1-6(11(16)17)14(2)10(15)8-4-3-7(12)5-9(8)13/h3-6H,1-2H3,(H,16,17). The maximum Gasteiger partial charge on any atom is 0.326 e. The van der Waals surface area contributed by atoms with E-state index in [1.807, 2.05) is 0 Å². The van der Waals surface area contributed by atoms with Crippen LogP contribution in [-0.2, 0) is 4.79 Å². The largest absolute Gasteiger partial charge is 0.480 e. The Morgan fingerprint density at radius 2 is 1.94 bits per heavy atom. The molecule has 1 amide bonds. The number of benzene rings is 1. The zero-order chi connectivity index (χ0) is 13.2. The molecule has 6 heteroatoms. The second-order valence-corrected chi connectivity index (χ2v) is 4.40. The molecule has 17 heavy (non-hydrogen) atoms. The first-order valence-corrected chi connectivity index (χ1v) is 5.55. The molecule has 1 rings (SSSR count). The van der Waals surface area contributed by atoms with Crippen LogP contribution in [0.25, 0.3) is 0 Å². The Bertz CT molecular complexity index is 462. The average molecular weight is 276 g/mol. The summed E-state index contributed by atoms with van der Waals surface area (Å²) in [4.78, 5) is 23.8. The van der Waals surface area contributed by atoms with E-state index in [-0.39, 0.29) is 10.6 Å². The predicted molar refractivity (Wildman–Crippen MR) is 65.7 cm³/mol. The van der Waals surface area contributed by atoms with E-state index in [9.17, 15) is 9.59 Å². The number of carbonyl (C=O) groups excluding carboxylic acids is 1. The van der Waals surface area contributed by atoms with Gasteiger partial charge in [0.05, 0.1) is 10.6 Å². The van der Waals surface area contributed by atoms with E-state index in [4.69, 9.17) is 28.3 Å². The lowest BCUT2D eigenvalue weighted by atomic mass is 10.1. The molecule has 1 N–H and O–H groups in total. The molecule has 0 saturated heterocycles. The Kier molecular flexibility index (Phi) is 4.37. The Balaban J connectivity index is 3.00. The van der Waals surface area contributed by atoms with Crippen molar-refractivity contribution in [2.24, 2.45) is 0 Å². The third kappa shape index (κ3) is 3.11. The quantitative estimate of drug-likeness (QED) is 0.922. The molecule has 0 aliphatic carbocycles. The lowest BCUT2D eigenvalue weighted by molar-refractivity contribution is -0.141. The molecule has 0 aromatic heterocycles. The van der Waals surface area contributed by atoms with Crippen molar-refractivity contribution < 1.29 is 14.7 Å². The minimum Gasteiger partial charge on any atom is -0.480 e. The molecule has 1 atom stereocenters. The number of carboxylic acid groups (broad SMARTS) is 1. The van der Waals surface area contributed by atoms with Gasteiger partial charge in [-0.3, -0.25) is 4.79 Å². The number of aliphatic carboxylic acids is 1. The third-order valence-electron chi connectivity index (χ3n) is 2.42. The van der Waals surface area contributed by atoms with Gasteiger partial charge in [-0.2, -0.15) is 0 Å². The molecule has 0 heterocycles. The van der Waals surface area contributed by atoms with Crippen LogP contribution in [0.3, 0.4) is 0 Å². The van der Waals surface area contributed by atoms with Crippen LogP contribution in [0.15, 0.2) is 18.2 Å². The molecule has 0 saturated carbocycles. The molecule has 1 aromatic carbocycles. The Morgan fingerprint density at radius 1 is 1.35 bits per heavy atom. The molecule has 0 bridgehead atoms. The van der Waals surface area contributed by atoms with Gasteiger partial charge in [0, 0.05) is 12.1 Å². The topological polar surface area (TPSA) is 57.6 Å². The SMILES string of the molecule is CC(C(=O)O)N(C)C(=O)c1ccc(Cl)cc1Cl. The first-order chi connectivity index (χ1) is 7.84. The number of hydrogen-bond donors (Lipinski definition) is 1. The fraction of sp³-hybridized carbons (Fsp3) is 0.273. The molecular weight excluding hydrogens is 265 g/mol. The normalized spacial score (nSPS) is 12.0. The van der Waals surface area contributed by atoms with Gasteiger partial charge in [-0.05, 0) is 25.1 Å². The van der Waals surface area contributed by atoms with Crippen LogP contribution in [0, 0.1) is 0 Å². The number of rotatable bonds is 3. The Morgan fingerprint density at radius 3 is 2.41 bits per heavy atom. The smallest absolute Gasteiger partial charge is 0.326 e. The zero-order valence-corrected chi connectivity index (χ0v) is 10.8. The van der Waals surface area contributed by atoms with Gasteiger partial charge in [-0.15, -0.1) is 0 Å². The van der Waals surface area contributed by atoms with E-state index in [2.05, 4.69) is 0 Å². The molecular formula is C11H11Cl2NO3. The minimum absolute atomic E-state index is 0.201. The first-order valence-electron chi connectivity index (χ1n) is 4.79. The highest BCUT2D eigenvalue weighted by molar-refractivity contribution is 6.36. The zero-order valence-electron chi connectivity index (χ0n) is 9.28. The van der Waals surface area contributed by atoms with Crippen LogP contribution in [0.5, 0.6) is 0 Å². The number of likely N-dealkylation sites (N-methyl/N-ethyl adjacent to an activating group) is 1. The molecule has 1 unspecified atom stereocenters. The first kappa shape index (κ1) is 13.8. The van der Waals surface area contributed by atoms with Gasteiger partial charge in [0.15, 0.2) is 0 Å². The summed E-state index contributed by atoms with van der Waals surface area (Å²) in [5.41, 5.74) is 0.228. The molecule has 0 radical (unpaired) electrons. The minimum atomic E-state index is -1.08. The van der Waals surface area contributed by atoms with Crippen LogP contribution in [0.1, 0.15) is 17.3 Å². The van der Waals surface area contributed by atoms with Crippen LogP contribution in [-0.4, -0.2) is 35.0 Å². The summed E-state index contributed by atoms with van der Waals surface area (Å²) in [6, 6.07) is 3.52. The highest BCUT2D eigenvalue weighted by atomic mass is 35.5. The number of nitrogens with zero attached hydrogens (tertiary/aromatic N) is 1. The van der Waals surface area contributed by atoms with Gasteiger partial charge >= 0.3 is 5.97 Å². The number of halogens is 2. The molecule has 4 nitrogen and oxygen atoms in total. The lowest BCUT2D eigenvalue weighted by Crippen LogP contribution is -2.40. The highest BCUT2D eigenvalue weighted by Crippen LogP contribution is 2.22. The summed E-state index contributed by atoms with van der Waals surface area (Å²) in [5, 5.41) is 9.43. The summed E-state index contributed by atoms with van der Waals surface area (Å²) in [5.74, 6) is -1.53. The van der Waals surface area contributed by atoms with Crippen molar-refractivity contribution in [1.29, 1.82) is 0 Å². The molecule has 0 spiro atoms. The third-order valence-corrected chi connectivity index (χ3v) is 2.97. The van der Waals surface area contributed by atoms with E-state index in [1.54, 1.807) is 0 Å². The summed E-state index contributed by atoms with van der Waals surface area (Å²) in [6.07, 6.45) is 0. The van der Waals surface area contributed by atoms with Crippen LogP contribution in [0.2, 0.25) is 10.0 Å². The Hall–Kier alpha value is -1.26. The van der Waals surface area contributed by atoms with Crippen molar-refractivity contribution in [2.45, 2.75) is 13.0 Å². The van der Waals surface area contributed by atoms with E-state index in [1.165, 1.54) is 32.2 Å². The van der Waals surface area contributed by atoms with Crippen molar-refractivity contribution in [3.63, 3.8) is 0 Å². The predicted octanol–water partition coefficient (Wildman–Crippen LogP) is 2.54. The van der Waals surface area contributed by atoms with Gasteiger partial charge in [-0.1, -0.05) is 23.2 Å². The fourth-order valence-electron chi connectivity index (χ4n) is 1.19. The molecule has 92 valence electrons. The van der Waals surface area contributed by atoms with E-state index >= 15 is 0 Å². The van der Waals surface area contributed by atoms with E-state index in [0.717, 1.165) is 4.90 Å². The van der Waals surface area contributed by atoms with Crippen LogP contribution >= 0.6 is 23.2 Å². The van der Waals surface area contributed by atoms with Gasteiger partial charge in [0.1, 0.15) is 6.04 Å². The molecule has 0 fully saturated rings. The van der Waals surface area contributed by atoms with E-state index in [0.29, 0.717) is 5.02 Å². The highest BCUT2D eigenvalue weighted by Gasteiger charge is 2.24. The lowest BCUT2D eigenvalue weighted by Gasteiger charge is -2.21. The van der Waals surface area contributed by atoms with E-state index < -0.39 is 17.9 Å². The van der Waals surface area contributed by atoms with Gasteiger partial charge < -0.3 is 10.0 Å². The van der Waals surface area contributed by atoms with Crippen LogP contribution < -0.4 is 0 Å². The van der Waals surface area contributed by atoms with Crippen molar-refractivity contribution in [2.75, 3.05) is 7.05 Å². The summed E-state index contributed by atoms with van der Waals surface area (Å²) in [6.45, 7) is 1.42. The summed E-state index contributed by atoms with van der Waals surface area (Å²) < 4.78 is 0. The molecule has 0 aliphatic heterocycles. The number of amides is 1. The van der Waals surface area contributed by atoms with Crippen molar-refractivity contribution in [3.8, 4) is 0 Å². The maximum atomic E-state index is 12.0. The average Bonchev–Trinajstić information content (AvgIpc) is 2.26.